The summed E-state index contributed by atoms with van der Waals surface area (Å²) in [5, 5.41) is 9.20. The normalized spacial score (nSPS) is 10.3. The molecule has 1 aromatic heterocycles. The molecule has 0 bridgehead atoms. The molecule has 1 rings (SSSR count). The zero-order chi connectivity index (χ0) is 12.3. The van der Waals surface area contributed by atoms with Crippen LogP contribution in [0.3, 0.4) is 0 Å². The monoisotopic (exact) mass is 233 g/mol. The van der Waals surface area contributed by atoms with Crippen molar-refractivity contribution in [2.45, 2.75) is 6.43 Å². The zero-order valence-corrected chi connectivity index (χ0v) is 8.53. The van der Waals surface area contributed by atoms with Crippen LogP contribution in [0.4, 0.5) is 8.78 Å². The summed E-state index contributed by atoms with van der Waals surface area (Å²) in [5.74, 6) is -2.14. The summed E-state index contributed by atoms with van der Waals surface area (Å²) in [6, 6.07) is 0. The third kappa shape index (κ3) is 2.02. The molecule has 0 amide bonds. The number of aromatic nitrogens is 1. The quantitative estimate of drug-likeness (QED) is 0.801. The summed E-state index contributed by atoms with van der Waals surface area (Å²) in [6.45, 7) is 0. The Kier molecular flexibility index (Phi) is 3.60. The van der Waals surface area contributed by atoms with Crippen molar-refractivity contribution in [1.82, 2.24) is 4.98 Å². The van der Waals surface area contributed by atoms with E-state index in [4.69, 9.17) is 0 Å². The van der Waals surface area contributed by atoms with Gasteiger partial charge in [-0.05, 0) is 0 Å². The molecule has 7 heteroatoms. The second kappa shape index (κ2) is 4.73. The van der Waals surface area contributed by atoms with E-state index in [2.05, 4.69) is 14.5 Å². The zero-order valence-electron chi connectivity index (χ0n) is 8.53. The predicted molar refractivity (Wildman–Crippen MR) is 48.8 cm³/mol. The second-order valence-electron chi connectivity index (χ2n) is 2.73. The highest BCUT2D eigenvalue weighted by atomic mass is 19.3. The number of hydrogen-bond donors (Lipinski definition) is 1. The van der Waals surface area contributed by atoms with Crippen molar-refractivity contribution in [2.24, 2.45) is 0 Å². The van der Waals surface area contributed by atoms with Crippen LogP contribution in [-0.4, -0.2) is 30.3 Å². The molecule has 0 saturated carbocycles. The Balaban J connectivity index is 3.42. The first kappa shape index (κ1) is 12.2. The fraction of sp³-hybridized carbons (Fsp3) is 0.333. The molecule has 0 aliphatic heterocycles. The number of esters is 1. The van der Waals surface area contributed by atoms with Crippen molar-refractivity contribution in [3.63, 3.8) is 0 Å². The molecule has 1 N–H and O–H groups in total. The molecule has 0 aliphatic rings. The number of rotatable bonds is 3. The van der Waals surface area contributed by atoms with Crippen LogP contribution >= 0.6 is 0 Å². The number of hydrogen-bond acceptors (Lipinski definition) is 5. The molecule has 0 aliphatic carbocycles. The van der Waals surface area contributed by atoms with Crippen LogP contribution < -0.4 is 4.74 Å². The van der Waals surface area contributed by atoms with Crippen LogP contribution in [0.25, 0.3) is 0 Å². The van der Waals surface area contributed by atoms with Gasteiger partial charge in [0.2, 0.25) is 0 Å². The van der Waals surface area contributed by atoms with Gasteiger partial charge in [0.05, 0.1) is 20.4 Å². The van der Waals surface area contributed by atoms with Crippen LogP contribution in [0, 0.1) is 0 Å². The lowest BCUT2D eigenvalue weighted by molar-refractivity contribution is 0.0588. The first-order chi connectivity index (χ1) is 7.52. The number of pyridine rings is 1. The Morgan fingerprint density at radius 2 is 2.12 bits per heavy atom. The summed E-state index contributed by atoms with van der Waals surface area (Å²) < 4.78 is 34.2. The van der Waals surface area contributed by atoms with Crippen molar-refractivity contribution < 1.29 is 28.2 Å². The lowest BCUT2D eigenvalue weighted by Crippen LogP contribution is -2.09. The van der Waals surface area contributed by atoms with Crippen molar-refractivity contribution in [3.8, 4) is 11.5 Å². The van der Waals surface area contributed by atoms with Crippen LogP contribution in [0.5, 0.6) is 11.5 Å². The van der Waals surface area contributed by atoms with Gasteiger partial charge in [-0.2, -0.15) is 0 Å². The van der Waals surface area contributed by atoms with Crippen LogP contribution in [0.2, 0.25) is 0 Å². The van der Waals surface area contributed by atoms with E-state index in [0.29, 0.717) is 0 Å². The maximum absolute atomic E-state index is 12.6. The molecule has 0 spiro atoms. The Hall–Kier alpha value is -1.92. The van der Waals surface area contributed by atoms with Crippen molar-refractivity contribution in [2.75, 3.05) is 14.2 Å². The highest BCUT2D eigenvalue weighted by Crippen LogP contribution is 2.37. The highest BCUT2D eigenvalue weighted by molar-refractivity contribution is 5.91. The highest BCUT2D eigenvalue weighted by Gasteiger charge is 2.26. The Bertz CT molecular complexity index is 409. The topological polar surface area (TPSA) is 68.7 Å². The minimum atomic E-state index is -2.98. The molecule has 1 heterocycles. The molecular weight excluding hydrogens is 224 g/mol. The maximum atomic E-state index is 12.6. The number of methoxy groups -OCH3 is 2. The van der Waals surface area contributed by atoms with Crippen molar-refractivity contribution in [1.29, 1.82) is 0 Å². The van der Waals surface area contributed by atoms with E-state index in [1.165, 1.54) is 0 Å². The Labute approximate surface area is 89.6 Å². The molecule has 0 atom stereocenters. The van der Waals surface area contributed by atoms with Gasteiger partial charge in [0.1, 0.15) is 11.3 Å². The standard InChI is InChI=1S/C9H9F2NO4/c1-15-7-5(8(10)11)4(13)3-12-6(7)9(14)16-2/h3,8,13H,1-2H3. The predicted octanol–water partition coefficient (Wildman–Crippen LogP) is 1.52. The lowest BCUT2D eigenvalue weighted by atomic mass is 10.2. The molecule has 0 aromatic carbocycles. The van der Waals surface area contributed by atoms with Crippen molar-refractivity contribution in [3.05, 3.63) is 17.5 Å². The summed E-state index contributed by atoms with van der Waals surface area (Å²) in [6.07, 6.45) is -2.24. The average molecular weight is 233 g/mol. The number of alkyl halides is 2. The van der Waals surface area contributed by atoms with E-state index in [9.17, 15) is 18.7 Å². The first-order valence-electron chi connectivity index (χ1n) is 4.15. The van der Waals surface area contributed by atoms with Gasteiger partial charge in [0.25, 0.3) is 6.43 Å². The fourth-order valence-corrected chi connectivity index (χ4v) is 1.16. The molecule has 16 heavy (non-hydrogen) atoms. The molecule has 0 radical (unpaired) electrons. The van der Waals surface area contributed by atoms with Gasteiger partial charge in [-0.25, -0.2) is 18.6 Å². The molecular formula is C9H9F2NO4. The smallest absolute Gasteiger partial charge is 0.360 e. The number of nitrogens with zero attached hydrogens (tertiary/aromatic N) is 1. The van der Waals surface area contributed by atoms with Gasteiger partial charge in [0, 0.05) is 0 Å². The molecule has 0 fully saturated rings. The van der Waals surface area contributed by atoms with Gasteiger partial charge < -0.3 is 14.6 Å². The second-order valence-corrected chi connectivity index (χ2v) is 2.73. The molecule has 1 aromatic rings. The van der Waals surface area contributed by atoms with E-state index in [1.807, 2.05) is 0 Å². The van der Waals surface area contributed by atoms with E-state index in [0.717, 1.165) is 20.4 Å². The van der Waals surface area contributed by atoms with E-state index < -0.39 is 35.2 Å². The third-order valence-electron chi connectivity index (χ3n) is 1.85. The van der Waals surface area contributed by atoms with Gasteiger partial charge in [0.15, 0.2) is 11.4 Å². The molecule has 5 nitrogen and oxygen atoms in total. The average Bonchev–Trinajstić information content (AvgIpc) is 2.26. The minimum absolute atomic E-state index is 0.405. The number of aromatic hydroxyl groups is 1. The van der Waals surface area contributed by atoms with Crippen LogP contribution in [0.15, 0.2) is 6.20 Å². The number of carbonyl (C=O) groups is 1. The van der Waals surface area contributed by atoms with E-state index >= 15 is 0 Å². The minimum Gasteiger partial charge on any atom is -0.506 e. The number of carbonyl (C=O) groups excluding carboxylic acids is 1. The van der Waals surface area contributed by atoms with Gasteiger partial charge in [-0.3, -0.25) is 0 Å². The SMILES string of the molecule is COC(=O)c1ncc(O)c(C(F)F)c1OC. The Morgan fingerprint density at radius 3 is 2.56 bits per heavy atom. The molecule has 88 valence electrons. The van der Waals surface area contributed by atoms with Gasteiger partial charge in [-0.1, -0.05) is 0 Å². The van der Waals surface area contributed by atoms with Gasteiger partial charge >= 0.3 is 5.97 Å². The summed E-state index contributed by atoms with van der Waals surface area (Å²) in [5.41, 5.74) is -1.18. The summed E-state index contributed by atoms with van der Waals surface area (Å²) >= 11 is 0. The largest absolute Gasteiger partial charge is 0.506 e. The number of ether oxygens (including phenoxy) is 2. The fourth-order valence-electron chi connectivity index (χ4n) is 1.16. The lowest BCUT2D eigenvalue weighted by Gasteiger charge is -2.12. The van der Waals surface area contributed by atoms with Crippen LogP contribution in [-0.2, 0) is 4.74 Å². The molecule has 0 saturated heterocycles. The maximum Gasteiger partial charge on any atom is 0.360 e. The molecule has 0 unspecified atom stereocenters. The first-order valence-corrected chi connectivity index (χ1v) is 4.15. The van der Waals surface area contributed by atoms with Crippen molar-refractivity contribution >= 4 is 5.97 Å². The third-order valence-corrected chi connectivity index (χ3v) is 1.85. The summed E-state index contributed by atoms with van der Waals surface area (Å²) in [7, 11) is 2.17. The van der Waals surface area contributed by atoms with E-state index in [-0.39, 0.29) is 0 Å². The Morgan fingerprint density at radius 1 is 1.50 bits per heavy atom. The van der Waals surface area contributed by atoms with Crippen LogP contribution in [0.1, 0.15) is 22.5 Å². The number of halogens is 2. The van der Waals surface area contributed by atoms with Gasteiger partial charge in [-0.15, -0.1) is 0 Å². The summed E-state index contributed by atoms with van der Waals surface area (Å²) in [4.78, 5) is 14.7. The van der Waals surface area contributed by atoms with E-state index in [1.54, 1.807) is 0 Å².